The van der Waals surface area contributed by atoms with E-state index in [0.29, 0.717) is 17.9 Å². The number of nitrogens with two attached hydrogens (primary N) is 1. The summed E-state index contributed by atoms with van der Waals surface area (Å²) in [7, 11) is -3.43. The quantitative estimate of drug-likeness (QED) is 0.806. The van der Waals surface area contributed by atoms with Crippen molar-refractivity contribution >= 4 is 10.0 Å². The highest BCUT2D eigenvalue weighted by Crippen LogP contribution is 2.12. The van der Waals surface area contributed by atoms with E-state index in [1.807, 2.05) is 13.8 Å². The van der Waals surface area contributed by atoms with Crippen molar-refractivity contribution in [1.82, 2.24) is 4.72 Å². The van der Waals surface area contributed by atoms with Gasteiger partial charge in [-0.3, -0.25) is 0 Å². The van der Waals surface area contributed by atoms with Crippen LogP contribution in [0.2, 0.25) is 0 Å². The fourth-order valence-corrected chi connectivity index (χ4v) is 3.01. The van der Waals surface area contributed by atoms with Crippen LogP contribution in [0.15, 0.2) is 35.2 Å². The molecule has 0 aliphatic rings. The van der Waals surface area contributed by atoms with Crippen LogP contribution in [-0.2, 0) is 10.0 Å². The molecule has 0 aliphatic heterocycles. The van der Waals surface area contributed by atoms with Gasteiger partial charge in [-0.25, -0.2) is 13.1 Å². The molecule has 1 aromatic carbocycles. The molecule has 0 bridgehead atoms. The minimum absolute atomic E-state index is 0.120. The molecule has 0 aliphatic carbocycles. The molecule has 1 rings (SSSR count). The summed E-state index contributed by atoms with van der Waals surface area (Å²) in [6.07, 6.45) is 0.643. The zero-order valence-electron chi connectivity index (χ0n) is 10.3. The van der Waals surface area contributed by atoms with Crippen LogP contribution in [0.4, 0.5) is 0 Å². The second kappa shape index (κ2) is 6.14. The molecule has 0 radical (unpaired) electrons. The predicted molar refractivity (Wildman–Crippen MR) is 69.1 cm³/mol. The molecule has 1 unspecified atom stereocenters. The number of sulfonamides is 1. The van der Waals surface area contributed by atoms with Crippen molar-refractivity contribution in [3.8, 4) is 0 Å². The lowest BCUT2D eigenvalue weighted by atomic mass is 10.0. The van der Waals surface area contributed by atoms with Gasteiger partial charge in [0, 0.05) is 6.04 Å². The fraction of sp³-hybridized carbons (Fsp3) is 0.500. The molecule has 1 atom stereocenters. The molecule has 0 heterocycles. The van der Waals surface area contributed by atoms with Gasteiger partial charge in [0.1, 0.15) is 0 Å². The van der Waals surface area contributed by atoms with E-state index in [-0.39, 0.29) is 12.0 Å². The Hall–Kier alpha value is -0.910. The van der Waals surface area contributed by atoms with Gasteiger partial charge in [0.05, 0.1) is 4.90 Å². The number of benzene rings is 1. The molecule has 96 valence electrons. The van der Waals surface area contributed by atoms with Crippen molar-refractivity contribution in [1.29, 1.82) is 0 Å². The van der Waals surface area contributed by atoms with Crippen molar-refractivity contribution in [2.24, 2.45) is 11.7 Å². The van der Waals surface area contributed by atoms with Crippen molar-refractivity contribution in [3.05, 3.63) is 30.3 Å². The van der Waals surface area contributed by atoms with Gasteiger partial charge in [-0.2, -0.15) is 0 Å². The van der Waals surface area contributed by atoms with Crippen LogP contribution < -0.4 is 10.5 Å². The maximum absolute atomic E-state index is 12.1. The number of hydrogen-bond acceptors (Lipinski definition) is 3. The summed E-state index contributed by atoms with van der Waals surface area (Å²) in [6.45, 7) is 4.43. The summed E-state index contributed by atoms with van der Waals surface area (Å²) in [5.41, 5.74) is 5.49. The van der Waals surface area contributed by atoms with Crippen LogP contribution in [0.5, 0.6) is 0 Å². The van der Waals surface area contributed by atoms with E-state index in [0.717, 1.165) is 0 Å². The van der Waals surface area contributed by atoms with Gasteiger partial charge in [-0.15, -0.1) is 0 Å². The maximum atomic E-state index is 12.1. The van der Waals surface area contributed by atoms with Crippen molar-refractivity contribution in [2.45, 2.75) is 31.2 Å². The van der Waals surface area contributed by atoms with Crippen LogP contribution in [-0.4, -0.2) is 21.0 Å². The highest BCUT2D eigenvalue weighted by Gasteiger charge is 2.21. The van der Waals surface area contributed by atoms with Crippen LogP contribution >= 0.6 is 0 Å². The molecule has 4 nitrogen and oxygen atoms in total. The maximum Gasteiger partial charge on any atom is 0.240 e. The van der Waals surface area contributed by atoms with E-state index in [1.165, 1.54) is 0 Å². The molecule has 0 saturated carbocycles. The van der Waals surface area contributed by atoms with E-state index in [9.17, 15) is 8.42 Å². The monoisotopic (exact) mass is 256 g/mol. The van der Waals surface area contributed by atoms with Gasteiger partial charge in [-0.1, -0.05) is 32.0 Å². The number of nitrogens with one attached hydrogen (secondary N) is 1. The fourth-order valence-electron chi connectivity index (χ4n) is 1.57. The topological polar surface area (TPSA) is 72.2 Å². The molecule has 0 fully saturated rings. The molecule has 0 spiro atoms. The van der Waals surface area contributed by atoms with Crippen molar-refractivity contribution in [3.63, 3.8) is 0 Å². The Balaban J connectivity index is 2.85. The third-order valence-corrected chi connectivity index (χ3v) is 4.15. The normalized spacial score (nSPS) is 13.9. The lowest BCUT2D eigenvalue weighted by molar-refractivity contribution is 0.428. The Morgan fingerprint density at radius 2 is 1.82 bits per heavy atom. The van der Waals surface area contributed by atoms with Gasteiger partial charge in [0.2, 0.25) is 10.0 Å². The summed E-state index contributed by atoms with van der Waals surface area (Å²) in [5.74, 6) is 0.219. The average Bonchev–Trinajstić information content (AvgIpc) is 2.29. The van der Waals surface area contributed by atoms with Crippen LogP contribution in [0.25, 0.3) is 0 Å². The summed E-state index contributed by atoms with van der Waals surface area (Å²) in [4.78, 5) is 0.294. The van der Waals surface area contributed by atoms with Gasteiger partial charge in [-0.05, 0) is 31.0 Å². The third kappa shape index (κ3) is 4.11. The lowest BCUT2D eigenvalue weighted by Gasteiger charge is -2.21. The summed E-state index contributed by atoms with van der Waals surface area (Å²) >= 11 is 0. The average molecular weight is 256 g/mol. The lowest BCUT2D eigenvalue weighted by Crippen LogP contribution is -2.39. The van der Waals surface area contributed by atoms with E-state index in [1.54, 1.807) is 30.3 Å². The highest BCUT2D eigenvalue weighted by molar-refractivity contribution is 7.89. The Bertz CT molecular complexity index is 429. The third-order valence-electron chi connectivity index (χ3n) is 2.64. The SMILES string of the molecule is CC(C)C(CCN)NS(=O)(=O)c1ccccc1. The first-order valence-corrected chi connectivity index (χ1v) is 7.23. The van der Waals surface area contributed by atoms with E-state index in [4.69, 9.17) is 5.73 Å². The summed E-state index contributed by atoms with van der Waals surface area (Å²) in [6, 6.07) is 8.26. The zero-order valence-corrected chi connectivity index (χ0v) is 11.1. The van der Waals surface area contributed by atoms with Gasteiger partial charge in [0.25, 0.3) is 0 Å². The zero-order chi connectivity index (χ0) is 12.9. The van der Waals surface area contributed by atoms with Crippen molar-refractivity contribution < 1.29 is 8.42 Å². The predicted octanol–water partition coefficient (Wildman–Crippen LogP) is 1.34. The first kappa shape index (κ1) is 14.2. The first-order chi connectivity index (χ1) is 7.97. The summed E-state index contributed by atoms with van der Waals surface area (Å²) in [5, 5.41) is 0. The van der Waals surface area contributed by atoms with Crippen LogP contribution in [0.3, 0.4) is 0 Å². The second-order valence-electron chi connectivity index (χ2n) is 4.36. The van der Waals surface area contributed by atoms with Gasteiger partial charge in [0.15, 0.2) is 0 Å². The molecule has 0 amide bonds. The molecule has 1 aromatic rings. The molecule has 0 saturated heterocycles. The Morgan fingerprint density at radius 1 is 1.24 bits per heavy atom. The molecule has 0 aromatic heterocycles. The van der Waals surface area contributed by atoms with E-state index in [2.05, 4.69) is 4.72 Å². The van der Waals surface area contributed by atoms with Crippen LogP contribution in [0, 0.1) is 5.92 Å². The number of rotatable bonds is 6. The van der Waals surface area contributed by atoms with E-state index >= 15 is 0 Å². The van der Waals surface area contributed by atoms with Crippen molar-refractivity contribution in [2.75, 3.05) is 6.54 Å². The van der Waals surface area contributed by atoms with E-state index < -0.39 is 10.0 Å². The largest absolute Gasteiger partial charge is 0.330 e. The molecule has 5 heteroatoms. The molecular weight excluding hydrogens is 236 g/mol. The molecule has 3 N–H and O–H groups in total. The Labute approximate surface area is 103 Å². The Morgan fingerprint density at radius 3 is 2.29 bits per heavy atom. The molecule has 17 heavy (non-hydrogen) atoms. The first-order valence-electron chi connectivity index (χ1n) is 5.75. The minimum atomic E-state index is -3.43. The standard InChI is InChI=1S/C12H20N2O2S/c1-10(2)12(8-9-13)14-17(15,16)11-6-4-3-5-7-11/h3-7,10,12,14H,8-9,13H2,1-2H3. The second-order valence-corrected chi connectivity index (χ2v) is 6.08. The smallest absolute Gasteiger partial charge is 0.240 e. The minimum Gasteiger partial charge on any atom is -0.330 e. The van der Waals surface area contributed by atoms with Crippen LogP contribution in [0.1, 0.15) is 20.3 Å². The van der Waals surface area contributed by atoms with Gasteiger partial charge < -0.3 is 5.73 Å². The molecular formula is C12H20N2O2S. The Kier molecular flexibility index (Phi) is 5.11. The van der Waals surface area contributed by atoms with Gasteiger partial charge >= 0.3 is 0 Å². The summed E-state index contributed by atoms with van der Waals surface area (Å²) < 4.78 is 26.8. The highest BCUT2D eigenvalue weighted by atomic mass is 32.2. The number of hydrogen-bond donors (Lipinski definition) is 2.